The van der Waals surface area contributed by atoms with Gasteiger partial charge in [-0.1, -0.05) is 182 Å². The highest BCUT2D eigenvalue weighted by Gasteiger charge is 2.19. The highest BCUT2D eigenvalue weighted by Crippen LogP contribution is 2.43. The molecule has 10 aromatic carbocycles. The first-order valence-corrected chi connectivity index (χ1v) is 20.5. The van der Waals surface area contributed by atoms with Crippen LogP contribution in [0.3, 0.4) is 0 Å². The van der Waals surface area contributed by atoms with Gasteiger partial charge in [-0.3, -0.25) is 0 Å². The summed E-state index contributed by atoms with van der Waals surface area (Å²) in [7, 11) is 0. The molecular formula is C58H39NO. The zero-order valence-electron chi connectivity index (χ0n) is 32.9. The standard InChI is InChI=1S/C58H39NO/c1-2-11-40(12-3-1)42-21-23-43(24-22-42)44-27-31-51(32-28-44)59(52-33-29-45(30-34-52)47-26-25-41-13-4-5-14-46(41)37-47)56-36-35-53(54-18-7-8-19-55(54)56)48-16-10-17-49(38-48)58-39-50-15-6-9-20-57(50)60-58/h1-39H. The van der Waals surface area contributed by atoms with Crippen molar-refractivity contribution in [1.29, 1.82) is 0 Å². The molecule has 0 saturated carbocycles. The third-order valence-electron chi connectivity index (χ3n) is 11.7. The topological polar surface area (TPSA) is 16.4 Å². The van der Waals surface area contributed by atoms with E-state index in [1.54, 1.807) is 0 Å². The molecule has 282 valence electrons. The lowest BCUT2D eigenvalue weighted by molar-refractivity contribution is 0.631. The third kappa shape index (κ3) is 6.61. The van der Waals surface area contributed by atoms with E-state index in [2.05, 4.69) is 223 Å². The number of nitrogens with zero attached hydrogens (tertiary/aromatic N) is 1. The molecule has 0 fully saturated rings. The predicted octanol–water partition coefficient (Wildman–Crippen LogP) is 16.5. The zero-order valence-corrected chi connectivity index (χ0v) is 32.9. The quantitative estimate of drug-likeness (QED) is 0.153. The molecule has 60 heavy (non-hydrogen) atoms. The van der Waals surface area contributed by atoms with Gasteiger partial charge in [0.15, 0.2) is 0 Å². The van der Waals surface area contributed by atoms with Crippen LogP contribution in [0.2, 0.25) is 0 Å². The summed E-state index contributed by atoms with van der Waals surface area (Å²) >= 11 is 0. The molecule has 0 aliphatic carbocycles. The summed E-state index contributed by atoms with van der Waals surface area (Å²) in [5.74, 6) is 0.868. The van der Waals surface area contributed by atoms with E-state index >= 15 is 0 Å². The minimum absolute atomic E-state index is 0.868. The van der Waals surface area contributed by atoms with Crippen molar-refractivity contribution in [2.45, 2.75) is 0 Å². The summed E-state index contributed by atoms with van der Waals surface area (Å²) in [6.07, 6.45) is 0. The molecule has 2 heteroatoms. The van der Waals surface area contributed by atoms with Crippen molar-refractivity contribution in [3.63, 3.8) is 0 Å². The molecule has 11 rings (SSSR count). The number of para-hydroxylation sites is 1. The van der Waals surface area contributed by atoms with E-state index < -0.39 is 0 Å². The maximum atomic E-state index is 6.29. The molecule has 11 aromatic rings. The number of hydrogen-bond acceptors (Lipinski definition) is 2. The SMILES string of the molecule is c1ccc(-c2ccc(-c3ccc(N(c4ccc(-c5ccc6ccccc6c5)cc4)c4ccc(-c5cccc(-c6cc7ccccc7o6)c5)c5ccccc45)cc3)cc2)cc1. The number of benzene rings is 10. The van der Waals surface area contributed by atoms with Gasteiger partial charge in [0.25, 0.3) is 0 Å². The largest absolute Gasteiger partial charge is 0.456 e. The Kier molecular flexibility index (Phi) is 8.87. The second-order valence-electron chi connectivity index (χ2n) is 15.3. The molecule has 0 unspecified atom stereocenters. The maximum Gasteiger partial charge on any atom is 0.135 e. The summed E-state index contributed by atoms with van der Waals surface area (Å²) in [6, 6.07) is 84.9. The minimum atomic E-state index is 0.868. The Balaban J connectivity index is 0.998. The van der Waals surface area contributed by atoms with Crippen LogP contribution in [0, 0.1) is 0 Å². The Bertz CT molecular complexity index is 3260. The molecule has 1 aromatic heterocycles. The van der Waals surface area contributed by atoms with Gasteiger partial charge in [-0.25, -0.2) is 0 Å². The normalized spacial score (nSPS) is 11.3. The summed E-state index contributed by atoms with van der Waals surface area (Å²) in [4.78, 5) is 2.39. The van der Waals surface area contributed by atoms with E-state index in [1.165, 1.54) is 60.5 Å². The number of rotatable bonds is 8. The highest BCUT2D eigenvalue weighted by molar-refractivity contribution is 6.06. The van der Waals surface area contributed by atoms with Crippen LogP contribution in [0.5, 0.6) is 0 Å². The number of hydrogen-bond donors (Lipinski definition) is 0. The van der Waals surface area contributed by atoms with Crippen molar-refractivity contribution in [3.8, 4) is 55.8 Å². The van der Waals surface area contributed by atoms with Crippen LogP contribution in [-0.4, -0.2) is 0 Å². The van der Waals surface area contributed by atoms with Crippen molar-refractivity contribution >= 4 is 49.6 Å². The first-order chi connectivity index (χ1) is 29.7. The molecule has 1 heterocycles. The molecule has 2 nitrogen and oxygen atoms in total. The Morgan fingerprint density at radius 3 is 1.50 bits per heavy atom. The lowest BCUT2D eigenvalue weighted by Crippen LogP contribution is -2.10. The van der Waals surface area contributed by atoms with Gasteiger partial charge in [0, 0.05) is 27.7 Å². The van der Waals surface area contributed by atoms with Crippen LogP contribution < -0.4 is 4.90 Å². The fourth-order valence-electron chi connectivity index (χ4n) is 8.58. The maximum absolute atomic E-state index is 6.29. The minimum Gasteiger partial charge on any atom is -0.456 e. The van der Waals surface area contributed by atoms with Crippen LogP contribution >= 0.6 is 0 Å². The Labute approximate surface area is 349 Å². The van der Waals surface area contributed by atoms with E-state index in [-0.39, 0.29) is 0 Å². The lowest BCUT2D eigenvalue weighted by atomic mass is 9.94. The Morgan fingerprint density at radius 1 is 0.283 bits per heavy atom. The molecule has 0 spiro atoms. The van der Waals surface area contributed by atoms with Crippen LogP contribution in [-0.2, 0) is 0 Å². The molecule has 0 N–H and O–H groups in total. The molecular weight excluding hydrogens is 727 g/mol. The molecule has 0 amide bonds. The van der Waals surface area contributed by atoms with Crippen molar-refractivity contribution < 1.29 is 4.42 Å². The Hall–Kier alpha value is -7.94. The fraction of sp³-hybridized carbons (Fsp3) is 0. The van der Waals surface area contributed by atoms with Crippen molar-refractivity contribution in [3.05, 3.63) is 237 Å². The van der Waals surface area contributed by atoms with Gasteiger partial charge in [0.05, 0.1) is 5.69 Å². The monoisotopic (exact) mass is 765 g/mol. The van der Waals surface area contributed by atoms with Gasteiger partial charge in [-0.05, 0) is 115 Å². The molecule has 0 radical (unpaired) electrons. The average Bonchev–Trinajstić information content (AvgIpc) is 3.77. The summed E-state index contributed by atoms with van der Waals surface area (Å²) < 4.78 is 6.29. The van der Waals surface area contributed by atoms with Crippen molar-refractivity contribution in [2.75, 3.05) is 4.90 Å². The second-order valence-corrected chi connectivity index (χ2v) is 15.3. The van der Waals surface area contributed by atoms with Gasteiger partial charge >= 0.3 is 0 Å². The lowest BCUT2D eigenvalue weighted by Gasteiger charge is -2.28. The molecule has 0 aliphatic rings. The number of anilines is 3. The zero-order chi connectivity index (χ0) is 39.8. The Morgan fingerprint density at radius 2 is 0.800 bits per heavy atom. The number of fused-ring (bicyclic) bond motifs is 3. The molecule has 0 bridgehead atoms. The molecule has 0 aliphatic heterocycles. The van der Waals surface area contributed by atoms with Gasteiger partial charge in [0.2, 0.25) is 0 Å². The predicted molar refractivity (Wildman–Crippen MR) is 253 cm³/mol. The van der Waals surface area contributed by atoms with Crippen molar-refractivity contribution in [2.24, 2.45) is 0 Å². The number of furan rings is 1. The van der Waals surface area contributed by atoms with Crippen LogP contribution in [0.15, 0.2) is 241 Å². The smallest absolute Gasteiger partial charge is 0.135 e. The van der Waals surface area contributed by atoms with Crippen LogP contribution in [0.1, 0.15) is 0 Å². The van der Waals surface area contributed by atoms with E-state index in [4.69, 9.17) is 4.42 Å². The van der Waals surface area contributed by atoms with Gasteiger partial charge in [-0.2, -0.15) is 0 Å². The van der Waals surface area contributed by atoms with E-state index in [0.717, 1.165) is 44.9 Å². The third-order valence-corrected chi connectivity index (χ3v) is 11.7. The van der Waals surface area contributed by atoms with Gasteiger partial charge in [0.1, 0.15) is 11.3 Å². The van der Waals surface area contributed by atoms with E-state index in [9.17, 15) is 0 Å². The van der Waals surface area contributed by atoms with Gasteiger partial charge < -0.3 is 9.32 Å². The van der Waals surface area contributed by atoms with Gasteiger partial charge in [-0.15, -0.1) is 0 Å². The first-order valence-electron chi connectivity index (χ1n) is 20.5. The summed E-state index contributed by atoms with van der Waals surface area (Å²) in [6.45, 7) is 0. The summed E-state index contributed by atoms with van der Waals surface area (Å²) in [5.41, 5.74) is 14.7. The van der Waals surface area contributed by atoms with Crippen LogP contribution in [0.25, 0.3) is 88.3 Å². The fourth-order valence-corrected chi connectivity index (χ4v) is 8.58. The highest BCUT2D eigenvalue weighted by atomic mass is 16.3. The summed E-state index contributed by atoms with van der Waals surface area (Å²) in [5, 5.41) is 5.95. The molecule has 0 saturated heterocycles. The first kappa shape index (κ1) is 35.2. The van der Waals surface area contributed by atoms with Crippen molar-refractivity contribution in [1.82, 2.24) is 0 Å². The van der Waals surface area contributed by atoms with E-state index in [1.807, 2.05) is 18.2 Å². The second kappa shape index (κ2) is 15.1. The van der Waals surface area contributed by atoms with E-state index in [0.29, 0.717) is 0 Å². The molecule has 0 atom stereocenters. The average molecular weight is 766 g/mol. The van der Waals surface area contributed by atoms with Crippen LogP contribution in [0.4, 0.5) is 17.1 Å².